The molecule has 2 aromatic heterocycles. The number of nitrogens with one attached hydrogen (secondary N) is 1. The van der Waals surface area contributed by atoms with Gasteiger partial charge in [0.05, 0.1) is 12.8 Å². The smallest absolute Gasteiger partial charge is 0.266 e. The molecule has 1 atom stereocenters. The largest absolute Gasteiger partial charge is 0.497 e. The number of benzene rings is 1. The van der Waals surface area contributed by atoms with E-state index in [2.05, 4.69) is 27.1 Å². The number of carbonyl (C=O) groups excluding carboxylic acids is 2. The molecule has 172 valence electrons. The molecule has 0 saturated carbocycles. The van der Waals surface area contributed by atoms with Crippen LogP contribution < -0.4 is 15.0 Å². The number of nitrogens with zero attached hydrogens (tertiary/aromatic N) is 5. The minimum Gasteiger partial charge on any atom is -0.497 e. The summed E-state index contributed by atoms with van der Waals surface area (Å²) in [4.78, 5) is 42.7. The molecule has 1 aliphatic rings. The molecule has 0 aliphatic carbocycles. The van der Waals surface area contributed by atoms with Gasteiger partial charge in [0.15, 0.2) is 5.13 Å². The molecule has 1 N–H and O–H groups in total. The number of thiazole rings is 1. The van der Waals surface area contributed by atoms with E-state index in [-0.39, 0.29) is 30.2 Å². The highest BCUT2D eigenvalue weighted by Gasteiger charge is 2.34. The molecule has 9 nitrogen and oxygen atoms in total. The number of aromatic nitrogens is 3. The first-order valence-electron chi connectivity index (χ1n) is 10.7. The van der Waals surface area contributed by atoms with E-state index in [0.29, 0.717) is 18.0 Å². The Bertz CT molecular complexity index is 1120. The molecule has 1 unspecified atom stereocenters. The number of fused-ring (bicyclic) bond motifs is 1. The summed E-state index contributed by atoms with van der Waals surface area (Å²) in [7, 11) is 1.65. The number of amides is 2. The number of rotatable bonds is 8. The molecule has 0 fully saturated rings. The number of methoxy groups -OCH3 is 1. The van der Waals surface area contributed by atoms with Crippen LogP contribution in [0, 0.1) is 0 Å². The van der Waals surface area contributed by atoms with Crippen LogP contribution in [0.3, 0.4) is 0 Å². The van der Waals surface area contributed by atoms with Crippen molar-refractivity contribution in [2.45, 2.75) is 26.3 Å². The fourth-order valence-electron chi connectivity index (χ4n) is 3.69. The van der Waals surface area contributed by atoms with Crippen LogP contribution in [0.1, 0.15) is 40.7 Å². The molecule has 0 spiro atoms. The second kappa shape index (κ2) is 9.95. The molecule has 3 aromatic rings. The lowest BCUT2D eigenvalue weighted by atomic mass is 10.0. The van der Waals surface area contributed by atoms with Crippen molar-refractivity contribution in [2.24, 2.45) is 0 Å². The van der Waals surface area contributed by atoms with Gasteiger partial charge in [-0.3, -0.25) is 14.9 Å². The third kappa shape index (κ3) is 5.11. The maximum atomic E-state index is 13.2. The Balaban J connectivity index is 1.48. The van der Waals surface area contributed by atoms with Crippen molar-refractivity contribution >= 4 is 34.2 Å². The van der Waals surface area contributed by atoms with Crippen LogP contribution >= 0.6 is 11.3 Å². The zero-order valence-corrected chi connectivity index (χ0v) is 19.6. The molecule has 0 bridgehead atoms. The van der Waals surface area contributed by atoms with Crippen LogP contribution in [0.5, 0.6) is 5.75 Å². The minimum atomic E-state index is -0.329. The average molecular weight is 467 g/mol. The third-order valence-corrected chi connectivity index (χ3v) is 6.54. The Morgan fingerprint density at radius 2 is 2.00 bits per heavy atom. The summed E-state index contributed by atoms with van der Waals surface area (Å²) in [6, 6.07) is 9.60. The molecule has 0 radical (unpaired) electrons. The van der Waals surface area contributed by atoms with E-state index >= 15 is 0 Å². The molecule has 1 aliphatic heterocycles. The van der Waals surface area contributed by atoms with E-state index in [1.54, 1.807) is 30.5 Å². The van der Waals surface area contributed by atoms with Crippen LogP contribution in [-0.2, 0) is 11.3 Å². The van der Waals surface area contributed by atoms with Crippen molar-refractivity contribution in [2.75, 3.05) is 37.0 Å². The Kier molecular flexibility index (Phi) is 6.83. The SMILES string of the molecule is CCN(Cc1ccc(OC)cc1)c1nc2c(s1)C(=O)N(CC(=O)Nc1ncccn1)CC2C. The predicted octanol–water partition coefficient (Wildman–Crippen LogP) is 3.17. The van der Waals surface area contributed by atoms with Gasteiger partial charge < -0.3 is 14.5 Å². The monoisotopic (exact) mass is 466 g/mol. The van der Waals surface area contributed by atoms with E-state index in [4.69, 9.17) is 9.72 Å². The number of anilines is 2. The van der Waals surface area contributed by atoms with Crippen molar-refractivity contribution in [1.29, 1.82) is 0 Å². The standard InChI is InChI=1S/C23H26N6O3S/c1-4-28(13-16-6-8-17(32-3)9-7-16)23-27-19-15(2)12-29(21(31)20(19)33-23)14-18(30)26-22-24-10-5-11-25-22/h5-11,15H,4,12-14H2,1-3H3,(H,24,25,26,30). The summed E-state index contributed by atoms with van der Waals surface area (Å²) in [6.45, 7) is 5.90. The molecule has 0 saturated heterocycles. The highest BCUT2D eigenvalue weighted by Crippen LogP contribution is 2.36. The lowest BCUT2D eigenvalue weighted by Crippen LogP contribution is -2.43. The first-order valence-corrected chi connectivity index (χ1v) is 11.5. The van der Waals surface area contributed by atoms with E-state index < -0.39 is 0 Å². The third-order valence-electron chi connectivity index (χ3n) is 5.42. The zero-order valence-electron chi connectivity index (χ0n) is 18.8. The van der Waals surface area contributed by atoms with Gasteiger partial charge in [0.1, 0.15) is 17.2 Å². The topological polar surface area (TPSA) is 101 Å². The van der Waals surface area contributed by atoms with Crippen LogP contribution in [0.4, 0.5) is 11.1 Å². The first-order chi connectivity index (χ1) is 16.0. The molecule has 1 aromatic carbocycles. The lowest BCUT2D eigenvalue weighted by Gasteiger charge is -2.29. The van der Waals surface area contributed by atoms with Crippen molar-refractivity contribution in [3.63, 3.8) is 0 Å². The predicted molar refractivity (Wildman–Crippen MR) is 127 cm³/mol. The average Bonchev–Trinajstić information content (AvgIpc) is 3.28. The molecule has 2 amide bonds. The Morgan fingerprint density at radius 3 is 2.67 bits per heavy atom. The number of ether oxygens (including phenoxy) is 1. The fraction of sp³-hybridized carbons (Fsp3) is 0.348. The van der Waals surface area contributed by atoms with E-state index in [1.807, 2.05) is 31.2 Å². The Hall–Kier alpha value is -3.53. The summed E-state index contributed by atoms with van der Waals surface area (Å²) in [5.74, 6) is 0.566. The van der Waals surface area contributed by atoms with Crippen LogP contribution in [-0.4, -0.2) is 58.4 Å². The van der Waals surface area contributed by atoms with E-state index in [0.717, 1.165) is 28.7 Å². The summed E-state index contributed by atoms with van der Waals surface area (Å²) in [5, 5.41) is 3.44. The Morgan fingerprint density at radius 1 is 1.27 bits per heavy atom. The van der Waals surface area contributed by atoms with Gasteiger partial charge in [-0.05, 0) is 30.7 Å². The minimum absolute atomic E-state index is 0.0307. The second-order valence-corrected chi connectivity index (χ2v) is 8.76. The molecule has 10 heteroatoms. The Labute approximate surface area is 196 Å². The quantitative estimate of drug-likeness (QED) is 0.544. The van der Waals surface area contributed by atoms with Crippen LogP contribution in [0.2, 0.25) is 0 Å². The van der Waals surface area contributed by atoms with Gasteiger partial charge in [0, 0.05) is 37.9 Å². The summed E-state index contributed by atoms with van der Waals surface area (Å²) in [6.07, 6.45) is 3.10. The number of hydrogen-bond donors (Lipinski definition) is 1. The van der Waals surface area contributed by atoms with E-state index in [1.165, 1.54) is 11.3 Å². The fourth-order valence-corrected chi connectivity index (χ4v) is 4.91. The van der Waals surface area contributed by atoms with Crippen LogP contribution in [0.25, 0.3) is 0 Å². The molecule has 33 heavy (non-hydrogen) atoms. The molecule has 4 rings (SSSR count). The summed E-state index contributed by atoms with van der Waals surface area (Å²) < 4.78 is 5.23. The molecule has 3 heterocycles. The van der Waals surface area contributed by atoms with Gasteiger partial charge in [0.25, 0.3) is 5.91 Å². The highest BCUT2D eigenvalue weighted by molar-refractivity contribution is 7.17. The molecular weight excluding hydrogens is 440 g/mol. The van der Waals surface area contributed by atoms with Gasteiger partial charge in [-0.2, -0.15) is 0 Å². The second-order valence-electron chi connectivity index (χ2n) is 7.78. The van der Waals surface area contributed by atoms with Crippen molar-refractivity contribution in [1.82, 2.24) is 19.9 Å². The molecular formula is C23H26N6O3S. The summed E-state index contributed by atoms with van der Waals surface area (Å²) >= 11 is 1.38. The maximum absolute atomic E-state index is 13.2. The van der Waals surface area contributed by atoms with Crippen molar-refractivity contribution in [3.8, 4) is 5.75 Å². The van der Waals surface area contributed by atoms with Crippen molar-refractivity contribution in [3.05, 3.63) is 58.9 Å². The van der Waals surface area contributed by atoms with E-state index in [9.17, 15) is 9.59 Å². The van der Waals surface area contributed by atoms with Gasteiger partial charge in [0.2, 0.25) is 11.9 Å². The van der Waals surface area contributed by atoms with Gasteiger partial charge in [-0.1, -0.05) is 30.4 Å². The van der Waals surface area contributed by atoms with Crippen LogP contribution in [0.15, 0.2) is 42.7 Å². The van der Waals surface area contributed by atoms with Gasteiger partial charge >= 0.3 is 0 Å². The highest BCUT2D eigenvalue weighted by atomic mass is 32.1. The van der Waals surface area contributed by atoms with Gasteiger partial charge in [-0.15, -0.1) is 0 Å². The summed E-state index contributed by atoms with van der Waals surface area (Å²) in [5.41, 5.74) is 1.93. The maximum Gasteiger partial charge on any atom is 0.266 e. The first kappa shape index (κ1) is 22.7. The van der Waals surface area contributed by atoms with Crippen molar-refractivity contribution < 1.29 is 14.3 Å². The number of hydrogen-bond acceptors (Lipinski definition) is 8. The normalized spacial score (nSPS) is 15.2. The van der Waals surface area contributed by atoms with Gasteiger partial charge in [-0.25, -0.2) is 15.0 Å². The lowest BCUT2D eigenvalue weighted by molar-refractivity contribution is -0.117. The zero-order chi connectivity index (χ0) is 23.4. The number of carbonyl (C=O) groups is 2.